The Morgan fingerprint density at radius 3 is 2.72 bits per heavy atom. The van der Waals surface area contributed by atoms with Crippen LogP contribution in [0.4, 0.5) is 5.69 Å². The number of aromatic nitrogens is 2. The van der Waals surface area contributed by atoms with E-state index in [4.69, 9.17) is 0 Å². The van der Waals surface area contributed by atoms with Crippen LogP contribution in [0.5, 0.6) is 0 Å². The molecule has 4 rings (SSSR count). The topological polar surface area (TPSA) is 57.8 Å². The molecular weight excluding hydrogens is 330 g/mol. The van der Waals surface area contributed by atoms with E-state index in [1.54, 1.807) is 11.3 Å². The van der Waals surface area contributed by atoms with Crippen molar-refractivity contribution in [1.82, 2.24) is 9.97 Å². The summed E-state index contributed by atoms with van der Waals surface area (Å²) in [5.74, 6) is -0.0259. The quantitative estimate of drug-likeness (QED) is 0.558. The fourth-order valence-electron chi connectivity index (χ4n) is 2.88. The van der Waals surface area contributed by atoms with Gasteiger partial charge in [-0.05, 0) is 30.7 Å². The van der Waals surface area contributed by atoms with Gasteiger partial charge in [0.2, 0.25) is 5.91 Å². The summed E-state index contributed by atoms with van der Waals surface area (Å²) in [5, 5.41) is 7.14. The van der Waals surface area contributed by atoms with Crippen LogP contribution in [-0.4, -0.2) is 15.9 Å². The van der Waals surface area contributed by atoms with Crippen LogP contribution < -0.4 is 5.32 Å². The van der Waals surface area contributed by atoms with Gasteiger partial charge >= 0.3 is 0 Å². The van der Waals surface area contributed by atoms with Gasteiger partial charge in [0.05, 0.1) is 17.1 Å². The second-order valence-corrected chi connectivity index (χ2v) is 6.98. The number of hydrogen-bond donors (Lipinski definition) is 2. The fraction of sp³-hybridized carbons (Fsp3) is 0.100. The zero-order valence-electron chi connectivity index (χ0n) is 13.7. The minimum absolute atomic E-state index is 0.0259. The van der Waals surface area contributed by atoms with Crippen molar-refractivity contribution in [3.05, 3.63) is 70.7 Å². The monoisotopic (exact) mass is 347 g/mol. The number of thiazole rings is 1. The molecule has 2 N–H and O–H groups in total. The molecule has 2 aromatic carbocycles. The number of para-hydroxylation sites is 1. The lowest BCUT2D eigenvalue weighted by atomic mass is 10.1. The molecule has 0 aliphatic rings. The predicted octanol–water partition coefficient (Wildman–Crippen LogP) is 4.78. The third kappa shape index (κ3) is 3.32. The lowest BCUT2D eigenvalue weighted by molar-refractivity contribution is -0.115. The van der Waals surface area contributed by atoms with E-state index in [0.29, 0.717) is 6.42 Å². The Bertz CT molecular complexity index is 1030. The van der Waals surface area contributed by atoms with Gasteiger partial charge in [-0.15, -0.1) is 11.3 Å². The first kappa shape index (κ1) is 15.6. The molecule has 0 aliphatic carbocycles. The summed E-state index contributed by atoms with van der Waals surface area (Å²) in [7, 11) is 0. The standard InChI is InChI=1S/C20H17N3OS/c1-13-22-19(12-25-13)14-6-8-16(9-7-14)23-20(24)10-15-11-21-18-5-3-2-4-17(15)18/h2-9,11-12,21H,10H2,1H3,(H,23,24). The Labute approximate surface area is 149 Å². The van der Waals surface area contributed by atoms with E-state index in [0.717, 1.165) is 38.4 Å². The van der Waals surface area contributed by atoms with Crippen molar-refractivity contribution >= 4 is 33.8 Å². The number of hydrogen-bond acceptors (Lipinski definition) is 3. The molecule has 0 saturated carbocycles. The highest BCUT2D eigenvalue weighted by Crippen LogP contribution is 2.23. The number of aryl methyl sites for hydroxylation is 1. The van der Waals surface area contributed by atoms with E-state index in [1.807, 2.05) is 67.0 Å². The van der Waals surface area contributed by atoms with Crippen molar-refractivity contribution < 1.29 is 4.79 Å². The molecule has 2 heterocycles. The van der Waals surface area contributed by atoms with Gasteiger partial charge in [-0.3, -0.25) is 4.79 Å². The first-order valence-corrected chi connectivity index (χ1v) is 8.94. The second kappa shape index (κ2) is 6.53. The molecule has 0 radical (unpaired) electrons. The van der Waals surface area contributed by atoms with Crippen molar-refractivity contribution in [2.45, 2.75) is 13.3 Å². The number of rotatable bonds is 4. The molecule has 4 nitrogen and oxygen atoms in total. The number of H-pyrrole nitrogens is 1. The number of aromatic amines is 1. The maximum Gasteiger partial charge on any atom is 0.228 e. The van der Waals surface area contributed by atoms with Gasteiger partial charge in [0.15, 0.2) is 0 Å². The van der Waals surface area contributed by atoms with Crippen molar-refractivity contribution in [2.24, 2.45) is 0 Å². The van der Waals surface area contributed by atoms with E-state index in [2.05, 4.69) is 15.3 Å². The molecule has 124 valence electrons. The second-order valence-electron chi connectivity index (χ2n) is 5.91. The molecule has 0 saturated heterocycles. The first-order valence-electron chi connectivity index (χ1n) is 8.06. The number of nitrogens with one attached hydrogen (secondary N) is 2. The number of benzene rings is 2. The normalized spacial score (nSPS) is 10.9. The lowest BCUT2D eigenvalue weighted by Gasteiger charge is -2.06. The molecule has 0 atom stereocenters. The van der Waals surface area contributed by atoms with Crippen LogP contribution in [0.2, 0.25) is 0 Å². The Morgan fingerprint density at radius 1 is 1.16 bits per heavy atom. The molecule has 2 aromatic heterocycles. The number of nitrogens with zero attached hydrogens (tertiary/aromatic N) is 1. The lowest BCUT2D eigenvalue weighted by Crippen LogP contribution is -2.14. The maximum atomic E-state index is 12.3. The smallest absolute Gasteiger partial charge is 0.228 e. The molecular formula is C20H17N3OS. The summed E-state index contributed by atoms with van der Waals surface area (Å²) < 4.78 is 0. The number of anilines is 1. The Kier molecular flexibility index (Phi) is 4.07. The molecule has 0 spiro atoms. The van der Waals surface area contributed by atoms with Crippen molar-refractivity contribution in [1.29, 1.82) is 0 Å². The summed E-state index contributed by atoms with van der Waals surface area (Å²) in [6.45, 7) is 1.99. The third-order valence-corrected chi connectivity index (χ3v) is 4.88. The zero-order valence-corrected chi connectivity index (χ0v) is 14.6. The molecule has 1 amide bonds. The number of fused-ring (bicyclic) bond motifs is 1. The molecule has 5 heteroatoms. The summed E-state index contributed by atoms with van der Waals surface area (Å²) in [6, 6.07) is 15.8. The van der Waals surface area contributed by atoms with Crippen molar-refractivity contribution in [3.63, 3.8) is 0 Å². The van der Waals surface area contributed by atoms with Crippen LogP contribution in [0.15, 0.2) is 60.1 Å². The summed E-state index contributed by atoms with van der Waals surface area (Å²) in [4.78, 5) is 20.0. The van der Waals surface area contributed by atoms with Gasteiger partial charge in [0, 0.05) is 33.7 Å². The molecule has 0 aliphatic heterocycles. The Morgan fingerprint density at radius 2 is 1.96 bits per heavy atom. The Balaban J connectivity index is 1.45. The van der Waals surface area contributed by atoms with Crippen molar-refractivity contribution in [3.8, 4) is 11.3 Å². The van der Waals surface area contributed by atoms with Crippen LogP contribution in [0, 0.1) is 6.92 Å². The van der Waals surface area contributed by atoms with Gasteiger partial charge in [-0.25, -0.2) is 4.98 Å². The van der Waals surface area contributed by atoms with Crippen LogP contribution in [-0.2, 0) is 11.2 Å². The zero-order chi connectivity index (χ0) is 17.2. The first-order chi connectivity index (χ1) is 12.2. The van der Waals surface area contributed by atoms with Crippen molar-refractivity contribution in [2.75, 3.05) is 5.32 Å². The molecule has 0 fully saturated rings. The molecule has 0 unspecified atom stereocenters. The molecule has 0 bridgehead atoms. The van der Waals surface area contributed by atoms with Gasteiger partial charge in [0.1, 0.15) is 0 Å². The average molecular weight is 347 g/mol. The summed E-state index contributed by atoms with van der Waals surface area (Å²) in [5.41, 5.74) is 4.87. The predicted molar refractivity (Wildman–Crippen MR) is 103 cm³/mol. The number of amides is 1. The highest BCUT2D eigenvalue weighted by atomic mass is 32.1. The highest BCUT2D eigenvalue weighted by Gasteiger charge is 2.09. The van der Waals surface area contributed by atoms with Crippen LogP contribution in [0.25, 0.3) is 22.2 Å². The largest absolute Gasteiger partial charge is 0.361 e. The highest BCUT2D eigenvalue weighted by molar-refractivity contribution is 7.09. The molecule has 25 heavy (non-hydrogen) atoms. The number of carbonyl (C=O) groups excluding carboxylic acids is 1. The van der Waals surface area contributed by atoms with Crippen LogP contribution in [0.1, 0.15) is 10.6 Å². The van der Waals surface area contributed by atoms with E-state index >= 15 is 0 Å². The minimum Gasteiger partial charge on any atom is -0.361 e. The van der Waals surface area contributed by atoms with Gasteiger partial charge < -0.3 is 10.3 Å². The van der Waals surface area contributed by atoms with E-state index in [-0.39, 0.29) is 5.91 Å². The Hall–Kier alpha value is -2.92. The average Bonchev–Trinajstić information content (AvgIpc) is 3.22. The third-order valence-electron chi connectivity index (χ3n) is 4.11. The van der Waals surface area contributed by atoms with Crippen LogP contribution in [0.3, 0.4) is 0 Å². The van der Waals surface area contributed by atoms with Crippen LogP contribution >= 0.6 is 11.3 Å². The molecule has 4 aromatic rings. The number of carbonyl (C=O) groups is 1. The fourth-order valence-corrected chi connectivity index (χ4v) is 3.50. The van der Waals surface area contributed by atoms with E-state index in [1.165, 1.54) is 0 Å². The van der Waals surface area contributed by atoms with Gasteiger partial charge in [-0.2, -0.15) is 0 Å². The maximum absolute atomic E-state index is 12.3. The SMILES string of the molecule is Cc1nc(-c2ccc(NC(=O)Cc3c[nH]c4ccccc34)cc2)cs1. The summed E-state index contributed by atoms with van der Waals surface area (Å²) >= 11 is 1.63. The van der Waals surface area contributed by atoms with E-state index < -0.39 is 0 Å². The van der Waals surface area contributed by atoms with Gasteiger partial charge in [-0.1, -0.05) is 30.3 Å². The summed E-state index contributed by atoms with van der Waals surface area (Å²) in [6.07, 6.45) is 2.25. The minimum atomic E-state index is -0.0259. The van der Waals surface area contributed by atoms with E-state index in [9.17, 15) is 4.79 Å². The van der Waals surface area contributed by atoms with Gasteiger partial charge in [0.25, 0.3) is 0 Å².